The zero-order valence-corrected chi connectivity index (χ0v) is 8.73. The highest BCUT2D eigenvalue weighted by Gasteiger charge is 2.14. The number of anilines is 1. The van der Waals surface area contributed by atoms with Crippen molar-refractivity contribution >= 4 is 6.01 Å². The van der Waals surface area contributed by atoms with Gasteiger partial charge in [-0.3, -0.25) is 0 Å². The quantitative estimate of drug-likeness (QED) is 0.724. The lowest BCUT2D eigenvalue weighted by atomic mass is 10.3. The van der Waals surface area contributed by atoms with Crippen molar-refractivity contribution < 1.29 is 4.42 Å². The number of aromatic nitrogens is 1. The second-order valence-corrected chi connectivity index (χ2v) is 3.36. The van der Waals surface area contributed by atoms with Crippen molar-refractivity contribution in [2.24, 2.45) is 5.73 Å². The van der Waals surface area contributed by atoms with Crippen LogP contribution in [-0.4, -0.2) is 17.6 Å². The van der Waals surface area contributed by atoms with Crippen LogP contribution in [0.2, 0.25) is 0 Å². The minimum absolute atomic E-state index is 0.331. The molecule has 0 aliphatic carbocycles. The summed E-state index contributed by atoms with van der Waals surface area (Å²) in [7, 11) is 0. The maximum Gasteiger partial charge on any atom is 0.297 e. The highest BCUT2D eigenvalue weighted by Crippen LogP contribution is 2.15. The van der Waals surface area contributed by atoms with Crippen LogP contribution < -0.4 is 10.6 Å². The van der Waals surface area contributed by atoms with Gasteiger partial charge in [-0.25, -0.2) is 0 Å². The average Bonchev–Trinajstić information content (AvgIpc) is 2.61. The normalized spacial score (nSPS) is 10.6. The Morgan fingerprint density at radius 2 is 2.43 bits per heavy atom. The molecule has 1 heterocycles. The molecule has 0 saturated heterocycles. The van der Waals surface area contributed by atoms with Gasteiger partial charge in [-0.2, -0.15) is 4.98 Å². The lowest BCUT2D eigenvalue weighted by Gasteiger charge is -2.22. The van der Waals surface area contributed by atoms with Crippen molar-refractivity contribution in [1.82, 2.24) is 4.98 Å². The van der Waals surface area contributed by atoms with E-state index in [2.05, 4.69) is 25.4 Å². The van der Waals surface area contributed by atoms with Gasteiger partial charge in [0.1, 0.15) is 6.26 Å². The van der Waals surface area contributed by atoms with E-state index in [0.29, 0.717) is 18.6 Å². The summed E-state index contributed by atoms with van der Waals surface area (Å²) >= 11 is 0. The molecule has 0 aliphatic heterocycles. The fourth-order valence-corrected chi connectivity index (χ4v) is 1.17. The summed E-state index contributed by atoms with van der Waals surface area (Å²) in [6.45, 7) is 8.99. The third kappa shape index (κ3) is 2.35. The fraction of sp³-hybridized carbons (Fsp3) is 0.500. The van der Waals surface area contributed by atoms with E-state index in [4.69, 9.17) is 10.2 Å². The van der Waals surface area contributed by atoms with Gasteiger partial charge in [0.25, 0.3) is 6.01 Å². The van der Waals surface area contributed by atoms with Gasteiger partial charge in [-0.05, 0) is 13.8 Å². The molecule has 1 aromatic heterocycles. The molecule has 0 aromatic carbocycles. The van der Waals surface area contributed by atoms with E-state index in [1.54, 1.807) is 6.26 Å². The summed E-state index contributed by atoms with van der Waals surface area (Å²) < 4.78 is 5.32. The van der Waals surface area contributed by atoms with Gasteiger partial charge in [0.2, 0.25) is 0 Å². The minimum atomic E-state index is 0.331. The van der Waals surface area contributed by atoms with Crippen LogP contribution in [0.5, 0.6) is 0 Å². The average molecular weight is 195 g/mol. The second-order valence-electron chi connectivity index (χ2n) is 3.36. The lowest BCUT2D eigenvalue weighted by molar-refractivity contribution is 0.521. The molecule has 1 rings (SSSR count). The van der Waals surface area contributed by atoms with Crippen LogP contribution in [0.15, 0.2) is 23.3 Å². The fourth-order valence-electron chi connectivity index (χ4n) is 1.17. The first kappa shape index (κ1) is 10.8. The van der Waals surface area contributed by atoms with E-state index >= 15 is 0 Å². The number of oxazole rings is 1. The molecule has 0 spiro atoms. The number of hydrogen-bond acceptors (Lipinski definition) is 4. The molecule has 2 N–H and O–H groups in total. The highest BCUT2D eigenvalue weighted by atomic mass is 16.4. The van der Waals surface area contributed by atoms with Crippen LogP contribution in [0.4, 0.5) is 6.01 Å². The van der Waals surface area contributed by atoms with Crippen molar-refractivity contribution in [1.29, 1.82) is 0 Å². The predicted octanol–water partition coefficient (Wildman–Crippen LogP) is 1.53. The summed E-state index contributed by atoms with van der Waals surface area (Å²) in [5.41, 5.74) is 6.23. The molecule has 0 unspecified atom stereocenters. The lowest BCUT2D eigenvalue weighted by Crippen LogP contribution is -2.31. The largest absolute Gasteiger partial charge is 0.432 e. The van der Waals surface area contributed by atoms with Crippen molar-refractivity contribution in [3.63, 3.8) is 0 Å². The Labute approximate surface area is 84.4 Å². The van der Waals surface area contributed by atoms with Crippen LogP contribution in [0.3, 0.4) is 0 Å². The van der Waals surface area contributed by atoms with Crippen molar-refractivity contribution in [2.45, 2.75) is 26.4 Å². The monoisotopic (exact) mass is 195 g/mol. The maximum absolute atomic E-state index is 5.45. The smallest absolute Gasteiger partial charge is 0.297 e. The van der Waals surface area contributed by atoms with Gasteiger partial charge in [-0.1, -0.05) is 6.08 Å². The van der Waals surface area contributed by atoms with Gasteiger partial charge >= 0.3 is 0 Å². The van der Waals surface area contributed by atoms with E-state index in [1.165, 1.54) is 0 Å². The number of nitrogens with two attached hydrogens (primary N) is 1. The molecule has 0 aliphatic rings. The Kier molecular flexibility index (Phi) is 3.71. The van der Waals surface area contributed by atoms with Crippen molar-refractivity contribution in [2.75, 3.05) is 11.4 Å². The van der Waals surface area contributed by atoms with Crippen LogP contribution in [-0.2, 0) is 6.54 Å². The molecule has 0 amide bonds. The third-order valence-corrected chi connectivity index (χ3v) is 1.94. The predicted molar refractivity (Wildman–Crippen MR) is 57.1 cm³/mol. The van der Waals surface area contributed by atoms with Gasteiger partial charge in [0.15, 0.2) is 0 Å². The third-order valence-electron chi connectivity index (χ3n) is 1.94. The van der Waals surface area contributed by atoms with E-state index in [9.17, 15) is 0 Å². The SMILES string of the molecule is C=CCN(c1nc(CN)co1)C(C)C. The maximum atomic E-state index is 5.45. The van der Waals surface area contributed by atoms with Gasteiger partial charge in [-0.15, -0.1) is 6.58 Å². The molecule has 1 aromatic rings. The van der Waals surface area contributed by atoms with Crippen LogP contribution >= 0.6 is 0 Å². The summed E-state index contributed by atoms with van der Waals surface area (Å²) in [4.78, 5) is 6.28. The Balaban J connectivity index is 2.81. The first-order valence-electron chi connectivity index (χ1n) is 4.71. The summed E-state index contributed by atoms with van der Waals surface area (Å²) in [6, 6.07) is 0.942. The van der Waals surface area contributed by atoms with Gasteiger partial charge in [0, 0.05) is 19.1 Å². The van der Waals surface area contributed by atoms with E-state index in [0.717, 1.165) is 12.2 Å². The van der Waals surface area contributed by atoms with E-state index < -0.39 is 0 Å². The molecule has 0 atom stereocenters. The first-order valence-corrected chi connectivity index (χ1v) is 4.71. The Morgan fingerprint density at radius 3 is 2.86 bits per heavy atom. The van der Waals surface area contributed by atoms with Crippen LogP contribution in [0.25, 0.3) is 0 Å². The highest BCUT2D eigenvalue weighted by molar-refractivity contribution is 5.29. The first-order chi connectivity index (χ1) is 6.69. The topological polar surface area (TPSA) is 55.3 Å². The Morgan fingerprint density at radius 1 is 1.71 bits per heavy atom. The van der Waals surface area contributed by atoms with E-state index in [1.807, 2.05) is 11.0 Å². The summed E-state index contributed by atoms with van der Waals surface area (Å²) in [5.74, 6) is 0. The van der Waals surface area contributed by atoms with Gasteiger partial charge < -0.3 is 15.1 Å². The molecule has 0 fully saturated rings. The zero-order valence-electron chi connectivity index (χ0n) is 8.73. The minimum Gasteiger partial charge on any atom is -0.432 e. The molecule has 4 nitrogen and oxygen atoms in total. The molecular formula is C10H17N3O. The number of nitrogens with zero attached hydrogens (tertiary/aromatic N) is 2. The molecule has 0 radical (unpaired) electrons. The molecule has 0 saturated carbocycles. The summed E-state index contributed by atoms with van der Waals surface area (Å²) in [5, 5.41) is 0. The van der Waals surface area contributed by atoms with Crippen LogP contribution in [0, 0.1) is 0 Å². The Hall–Kier alpha value is -1.29. The molecule has 78 valence electrons. The zero-order chi connectivity index (χ0) is 10.6. The van der Waals surface area contributed by atoms with Gasteiger partial charge in [0.05, 0.1) is 5.69 Å². The van der Waals surface area contributed by atoms with E-state index in [-0.39, 0.29) is 0 Å². The number of rotatable bonds is 5. The number of hydrogen-bond donors (Lipinski definition) is 1. The second kappa shape index (κ2) is 4.81. The van der Waals surface area contributed by atoms with Crippen molar-refractivity contribution in [3.8, 4) is 0 Å². The molecular weight excluding hydrogens is 178 g/mol. The standard InChI is InChI=1S/C10H17N3O/c1-4-5-13(8(2)3)10-12-9(6-11)7-14-10/h4,7-8H,1,5-6,11H2,2-3H3. The van der Waals surface area contributed by atoms with Crippen LogP contribution in [0.1, 0.15) is 19.5 Å². The molecule has 4 heteroatoms. The Bertz CT molecular complexity index is 293. The van der Waals surface area contributed by atoms with Crippen molar-refractivity contribution in [3.05, 3.63) is 24.6 Å². The molecule has 0 bridgehead atoms. The summed E-state index contributed by atoms with van der Waals surface area (Å²) in [6.07, 6.45) is 3.42. The molecule has 14 heavy (non-hydrogen) atoms.